The van der Waals surface area contributed by atoms with Gasteiger partial charge in [0, 0.05) is 6.54 Å². The first-order valence-corrected chi connectivity index (χ1v) is 5.53. The second kappa shape index (κ2) is 5.58. The number of ether oxygens (including phenoxy) is 1. The molecule has 0 aromatic heterocycles. The monoisotopic (exact) mass is 263 g/mol. The zero-order valence-corrected chi connectivity index (χ0v) is 10.00. The van der Waals surface area contributed by atoms with E-state index in [2.05, 4.69) is 4.74 Å². The number of benzene rings is 1. The van der Waals surface area contributed by atoms with Gasteiger partial charge in [-0.15, -0.1) is 0 Å². The highest BCUT2D eigenvalue weighted by atomic mass is 19.4. The number of hydrogen-bond donors (Lipinski definition) is 2. The van der Waals surface area contributed by atoms with Gasteiger partial charge in [-0.1, -0.05) is 19.1 Å². The van der Waals surface area contributed by atoms with Crippen LogP contribution < -0.4 is 10.5 Å². The average molecular weight is 263 g/mol. The minimum absolute atomic E-state index is 0.00771. The normalized spacial score (nSPS) is 15.2. The lowest BCUT2D eigenvalue weighted by molar-refractivity contribution is -0.153. The Balaban J connectivity index is 2.86. The summed E-state index contributed by atoms with van der Waals surface area (Å²) >= 11 is 0. The first-order valence-electron chi connectivity index (χ1n) is 5.53. The van der Waals surface area contributed by atoms with E-state index in [1.54, 1.807) is 13.0 Å². The molecule has 0 unspecified atom stereocenters. The van der Waals surface area contributed by atoms with Crippen LogP contribution in [-0.2, 0) is 5.60 Å². The van der Waals surface area contributed by atoms with Crippen LogP contribution in [0.15, 0.2) is 24.3 Å². The molecule has 0 heterocycles. The fourth-order valence-electron chi connectivity index (χ4n) is 1.51. The number of rotatable bonds is 5. The van der Waals surface area contributed by atoms with Crippen LogP contribution in [0, 0.1) is 0 Å². The molecule has 0 aliphatic heterocycles. The van der Waals surface area contributed by atoms with E-state index in [4.69, 9.17) is 5.73 Å². The van der Waals surface area contributed by atoms with Gasteiger partial charge >= 0.3 is 6.18 Å². The van der Waals surface area contributed by atoms with Crippen molar-refractivity contribution in [2.24, 2.45) is 5.73 Å². The van der Waals surface area contributed by atoms with Crippen LogP contribution in [0.2, 0.25) is 0 Å². The van der Waals surface area contributed by atoms with Crippen molar-refractivity contribution in [3.8, 4) is 5.75 Å². The summed E-state index contributed by atoms with van der Waals surface area (Å²) in [5.41, 5.74) is 4.68. The van der Waals surface area contributed by atoms with Crippen LogP contribution in [0.3, 0.4) is 0 Å². The summed E-state index contributed by atoms with van der Waals surface area (Å²) in [5.74, 6) is 0.0603. The van der Waals surface area contributed by atoms with Gasteiger partial charge in [-0.05, 0) is 24.1 Å². The van der Waals surface area contributed by atoms with E-state index < -0.39 is 18.4 Å². The Morgan fingerprint density at radius 1 is 1.33 bits per heavy atom. The Morgan fingerprint density at radius 3 is 2.50 bits per heavy atom. The van der Waals surface area contributed by atoms with E-state index in [0.29, 0.717) is 12.0 Å². The van der Waals surface area contributed by atoms with E-state index in [9.17, 15) is 18.3 Å². The van der Waals surface area contributed by atoms with Crippen LogP contribution in [0.1, 0.15) is 18.9 Å². The van der Waals surface area contributed by atoms with Crippen molar-refractivity contribution in [3.05, 3.63) is 29.8 Å². The highest BCUT2D eigenvalue weighted by Crippen LogP contribution is 2.27. The average Bonchev–Trinajstić information content (AvgIpc) is 2.35. The van der Waals surface area contributed by atoms with Gasteiger partial charge < -0.3 is 15.6 Å². The predicted octanol–water partition coefficient (Wildman–Crippen LogP) is 2.18. The minimum Gasteiger partial charge on any atom is -0.484 e. The van der Waals surface area contributed by atoms with Gasteiger partial charge in [0.15, 0.2) is 6.61 Å². The van der Waals surface area contributed by atoms with Crippen LogP contribution in [0.5, 0.6) is 5.75 Å². The molecular weight excluding hydrogens is 247 g/mol. The Morgan fingerprint density at radius 2 is 2.00 bits per heavy atom. The highest BCUT2D eigenvalue weighted by molar-refractivity contribution is 5.32. The van der Waals surface area contributed by atoms with Gasteiger partial charge in [-0.25, -0.2) is 0 Å². The molecule has 1 aromatic rings. The molecule has 0 fully saturated rings. The van der Waals surface area contributed by atoms with E-state index in [0.717, 1.165) is 0 Å². The molecule has 0 aliphatic rings. The standard InChI is InChI=1S/C12H16F3NO2/c1-2-11(17,7-16)9-4-3-5-10(6-9)18-8-12(13,14)15/h3-6,17H,2,7-8,16H2,1H3/t11-/m1/s1. The molecular formula is C12H16F3NO2. The summed E-state index contributed by atoms with van der Waals surface area (Å²) in [4.78, 5) is 0. The zero-order chi connectivity index (χ0) is 13.8. The highest BCUT2D eigenvalue weighted by Gasteiger charge is 2.29. The number of alkyl halides is 3. The molecule has 0 spiro atoms. The molecule has 0 saturated heterocycles. The van der Waals surface area contributed by atoms with Crippen molar-refractivity contribution >= 4 is 0 Å². The third-order valence-electron chi connectivity index (χ3n) is 2.70. The number of nitrogens with two attached hydrogens (primary N) is 1. The fourth-order valence-corrected chi connectivity index (χ4v) is 1.51. The SMILES string of the molecule is CC[C@@](O)(CN)c1cccc(OCC(F)(F)F)c1. The summed E-state index contributed by atoms with van der Waals surface area (Å²) in [6.07, 6.45) is -4.02. The Hall–Kier alpha value is -1.27. The quantitative estimate of drug-likeness (QED) is 0.856. The van der Waals surface area contributed by atoms with Crippen LogP contribution in [0.4, 0.5) is 13.2 Å². The summed E-state index contributed by atoms with van der Waals surface area (Å²) in [7, 11) is 0. The van der Waals surface area contributed by atoms with Crippen LogP contribution >= 0.6 is 0 Å². The summed E-state index contributed by atoms with van der Waals surface area (Å²) < 4.78 is 40.7. The Bertz CT molecular complexity index is 389. The van der Waals surface area contributed by atoms with Crippen LogP contribution in [-0.4, -0.2) is 24.4 Å². The molecule has 1 aromatic carbocycles. The van der Waals surface area contributed by atoms with Crippen molar-refractivity contribution in [2.45, 2.75) is 25.1 Å². The summed E-state index contributed by atoms with van der Waals surface area (Å²) in [6.45, 7) is 0.381. The van der Waals surface area contributed by atoms with E-state index in [1.165, 1.54) is 18.2 Å². The lowest BCUT2D eigenvalue weighted by Crippen LogP contribution is -2.34. The third-order valence-corrected chi connectivity index (χ3v) is 2.70. The molecule has 1 atom stereocenters. The molecule has 3 nitrogen and oxygen atoms in total. The van der Waals surface area contributed by atoms with Crippen molar-refractivity contribution in [3.63, 3.8) is 0 Å². The molecule has 0 bridgehead atoms. The molecule has 0 radical (unpaired) electrons. The van der Waals surface area contributed by atoms with Gasteiger partial charge in [0.05, 0.1) is 0 Å². The van der Waals surface area contributed by atoms with E-state index in [1.807, 2.05) is 0 Å². The van der Waals surface area contributed by atoms with Gasteiger partial charge in [0.25, 0.3) is 0 Å². The first kappa shape index (κ1) is 14.8. The van der Waals surface area contributed by atoms with Gasteiger partial charge in [0.2, 0.25) is 0 Å². The van der Waals surface area contributed by atoms with Gasteiger partial charge in [-0.2, -0.15) is 13.2 Å². The fraction of sp³-hybridized carbons (Fsp3) is 0.500. The Kier molecular flexibility index (Phi) is 4.59. The molecule has 102 valence electrons. The summed E-state index contributed by atoms with van der Waals surface area (Å²) in [5, 5.41) is 10.1. The number of halogens is 3. The second-order valence-corrected chi connectivity index (χ2v) is 4.02. The number of aliphatic hydroxyl groups is 1. The molecule has 6 heteroatoms. The Labute approximate surface area is 103 Å². The number of hydrogen-bond acceptors (Lipinski definition) is 3. The maximum atomic E-state index is 12.0. The smallest absolute Gasteiger partial charge is 0.422 e. The lowest BCUT2D eigenvalue weighted by atomic mass is 9.91. The molecule has 0 amide bonds. The van der Waals surface area contributed by atoms with Gasteiger partial charge in [-0.3, -0.25) is 0 Å². The summed E-state index contributed by atoms with van der Waals surface area (Å²) in [6, 6.07) is 5.91. The van der Waals surface area contributed by atoms with Crippen molar-refractivity contribution in [1.82, 2.24) is 0 Å². The molecule has 0 aliphatic carbocycles. The molecule has 18 heavy (non-hydrogen) atoms. The van der Waals surface area contributed by atoms with Crippen molar-refractivity contribution in [2.75, 3.05) is 13.2 Å². The molecule has 1 rings (SSSR count). The van der Waals surface area contributed by atoms with Crippen LogP contribution in [0.25, 0.3) is 0 Å². The maximum Gasteiger partial charge on any atom is 0.422 e. The van der Waals surface area contributed by atoms with Crippen molar-refractivity contribution < 1.29 is 23.0 Å². The first-order chi connectivity index (χ1) is 8.30. The third kappa shape index (κ3) is 3.89. The lowest BCUT2D eigenvalue weighted by Gasteiger charge is -2.25. The van der Waals surface area contributed by atoms with E-state index >= 15 is 0 Å². The topological polar surface area (TPSA) is 55.5 Å². The zero-order valence-electron chi connectivity index (χ0n) is 10.00. The predicted molar refractivity (Wildman–Crippen MR) is 61.2 cm³/mol. The molecule has 3 N–H and O–H groups in total. The van der Waals surface area contributed by atoms with Crippen molar-refractivity contribution in [1.29, 1.82) is 0 Å². The van der Waals surface area contributed by atoms with E-state index in [-0.39, 0.29) is 12.3 Å². The molecule has 0 saturated carbocycles. The maximum absolute atomic E-state index is 12.0. The second-order valence-electron chi connectivity index (χ2n) is 4.02. The van der Waals surface area contributed by atoms with Gasteiger partial charge in [0.1, 0.15) is 11.4 Å². The minimum atomic E-state index is -4.38. The largest absolute Gasteiger partial charge is 0.484 e.